The number of carbonyl (C=O) groups excluding carboxylic acids is 1. The SMILES string of the molecule is COc1ccc(S(=O)(=O)N(CC(=O)N/N=C\c2ccc(OCc3ccccc3Cl)cc2)c2ccc(Cl)cc2)cc1. The van der Waals surface area contributed by atoms with Gasteiger partial charge in [-0.2, -0.15) is 5.10 Å². The fourth-order valence-corrected chi connectivity index (χ4v) is 5.31. The molecule has 0 aliphatic carbocycles. The number of methoxy groups -OCH3 is 1. The number of hydrogen-bond acceptors (Lipinski definition) is 6. The summed E-state index contributed by atoms with van der Waals surface area (Å²) in [5.74, 6) is 0.510. The number of carbonyl (C=O) groups is 1. The highest BCUT2D eigenvalue weighted by Gasteiger charge is 2.27. The molecule has 8 nitrogen and oxygen atoms in total. The van der Waals surface area contributed by atoms with Gasteiger partial charge in [-0.1, -0.05) is 41.4 Å². The van der Waals surface area contributed by atoms with Crippen LogP contribution in [-0.4, -0.2) is 34.2 Å². The van der Waals surface area contributed by atoms with Crippen molar-refractivity contribution in [3.63, 3.8) is 0 Å². The number of anilines is 1. The molecular weight excluding hydrogens is 573 g/mol. The largest absolute Gasteiger partial charge is 0.497 e. The average Bonchev–Trinajstić information content (AvgIpc) is 2.97. The summed E-state index contributed by atoms with van der Waals surface area (Å²) in [7, 11) is -2.61. The summed E-state index contributed by atoms with van der Waals surface area (Å²) in [4.78, 5) is 12.8. The Morgan fingerprint density at radius 1 is 0.900 bits per heavy atom. The maximum absolute atomic E-state index is 13.5. The van der Waals surface area contributed by atoms with Crippen LogP contribution in [0.1, 0.15) is 11.1 Å². The Labute approximate surface area is 242 Å². The van der Waals surface area contributed by atoms with Gasteiger partial charge in [0.15, 0.2) is 0 Å². The smallest absolute Gasteiger partial charge is 0.264 e. The summed E-state index contributed by atoms with van der Waals surface area (Å²) in [6, 6.07) is 26.5. The van der Waals surface area contributed by atoms with Gasteiger partial charge >= 0.3 is 0 Å². The molecule has 0 spiro atoms. The van der Waals surface area contributed by atoms with Gasteiger partial charge in [0.2, 0.25) is 0 Å². The zero-order valence-corrected chi connectivity index (χ0v) is 23.7. The quantitative estimate of drug-likeness (QED) is 0.171. The number of nitrogens with one attached hydrogen (secondary N) is 1. The van der Waals surface area contributed by atoms with Crippen molar-refractivity contribution in [3.8, 4) is 11.5 Å². The minimum atomic E-state index is -4.10. The first kappa shape index (κ1) is 28.9. The normalized spacial score (nSPS) is 11.3. The van der Waals surface area contributed by atoms with E-state index in [4.69, 9.17) is 32.7 Å². The first-order chi connectivity index (χ1) is 19.3. The predicted molar refractivity (Wildman–Crippen MR) is 157 cm³/mol. The van der Waals surface area contributed by atoms with Gasteiger partial charge in [0.1, 0.15) is 24.7 Å². The van der Waals surface area contributed by atoms with E-state index in [1.807, 2.05) is 18.2 Å². The van der Waals surface area contributed by atoms with E-state index in [1.54, 1.807) is 42.5 Å². The maximum atomic E-state index is 13.5. The molecule has 4 aromatic carbocycles. The second kappa shape index (κ2) is 13.3. The molecule has 0 aromatic heterocycles. The van der Waals surface area contributed by atoms with Gasteiger partial charge in [0.25, 0.3) is 15.9 Å². The van der Waals surface area contributed by atoms with Crippen molar-refractivity contribution in [2.75, 3.05) is 18.0 Å². The third-order valence-electron chi connectivity index (χ3n) is 5.68. The first-order valence-electron chi connectivity index (χ1n) is 12.0. The summed E-state index contributed by atoms with van der Waals surface area (Å²) in [5.41, 5.74) is 4.23. The van der Waals surface area contributed by atoms with E-state index in [2.05, 4.69) is 10.5 Å². The van der Waals surface area contributed by atoms with Crippen LogP contribution in [0.5, 0.6) is 11.5 Å². The highest BCUT2D eigenvalue weighted by molar-refractivity contribution is 7.92. The van der Waals surface area contributed by atoms with E-state index in [9.17, 15) is 13.2 Å². The Morgan fingerprint density at radius 3 is 2.20 bits per heavy atom. The number of hydrogen-bond donors (Lipinski definition) is 1. The Bertz CT molecular complexity index is 1580. The lowest BCUT2D eigenvalue weighted by Crippen LogP contribution is -2.39. The number of nitrogens with zero attached hydrogens (tertiary/aromatic N) is 2. The molecule has 0 saturated carbocycles. The molecule has 4 rings (SSSR count). The number of amides is 1. The van der Waals surface area contributed by atoms with Gasteiger partial charge < -0.3 is 9.47 Å². The Morgan fingerprint density at radius 2 is 1.55 bits per heavy atom. The van der Waals surface area contributed by atoms with Crippen molar-refractivity contribution >= 4 is 51.0 Å². The molecule has 0 fully saturated rings. The van der Waals surface area contributed by atoms with Gasteiger partial charge in [-0.15, -0.1) is 0 Å². The standard InChI is InChI=1S/C29H25Cl2N3O5S/c1-38-25-14-16-27(17-15-25)40(36,37)34(24-10-8-23(30)9-11-24)19-29(35)33-32-18-21-6-12-26(13-7-21)39-20-22-4-2-3-5-28(22)31/h2-18H,19-20H2,1H3,(H,33,35)/b32-18-. The molecule has 0 bridgehead atoms. The molecular formula is C29H25Cl2N3O5S. The third-order valence-corrected chi connectivity index (χ3v) is 8.09. The van der Waals surface area contributed by atoms with Gasteiger partial charge in [0.05, 0.1) is 23.9 Å². The van der Waals surface area contributed by atoms with E-state index in [-0.39, 0.29) is 10.6 Å². The maximum Gasteiger partial charge on any atom is 0.264 e. The number of benzene rings is 4. The molecule has 0 radical (unpaired) electrons. The molecule has 0 heterocycles. The fourth-order valence-electron chi connectivity index (χ4n) is 3.57. The molecule has 40 heavy (non-hydrogen) atoms. The number of hydrazone groups is 1. The van der Waals surface area contributed by atoms with E-state index in [1.165, 1.54) is 49.7 Å². The number of ether oxygens (including phenoxy) is 2. The lowest BCUT2D eigenvalue weighted by molar-refractivity contribution is -0.119. The predicted octanol–water partition coefficient (Wildman–Crippen LogP) is 5.93. The average molecular weight is 599 g/mol. The van der Waals surface area contributed by atoms with Crippen molar-refractivity contribution in [2.24, 2.45) is 5.10 Å². The summed E-state index contributed by atoms with van der Waals surface area (Å²) < 4.78 is 38.8. The van der Waals surface area contributed by atoms with Crippen LogP contribution in [0.4, 0.5) is 5.69 Å². The lowest BCUT2D eigenvalue weighted by Gasteiger charge is -2.23. The molecule has 0 unspecified atom stereocenters. The van der Waals surface area contributed by atoms with Crippen molar-refractivity contribution in [3.05, 3.63) is 118 Å². The second-order valence-electron chi connectivity index (χ2n) is 8.41. The minimum Gasteiger partial charge on any atom is -0.497 e. The topological polar surface area (TPSA) is 97.3 Å². The van der Waals surface area contributed by atoms with Crippen LogP contribution in [0.25, 0.3) is 0 Å². The van der Waals surface area contributed by atoms with Crippen molar-refractivity contribution < 1.29 is 22.7 Å². The van der Waals surface area contributed by atoms with Crippen LogP contribution in [0.15, 0.2) is 107 Å². The third kappa shape index (κ3) is 7.53. The number of sulfonamides is 1. The van der Waals surface area contributed by atoms with Gasteiger partial charge in [0, 0.05) is 15.6 Å². The van der Waals surface area contributed by atoms with Crippen LogP contribution in [0, 0.1) is 0 Å². The summed E-state index contributed by atoms with van der Waals surface area (Å²) >= 11 is 12.1. The zero-order chi connectivity index (χ0) is 28.5. The fraction of sp³-hybridized carbons (Fsp3) is 0.103. The van der Waals surface area contributed by atoms with Crippen molar-refractivity contribution in [2.45, 2.75) is 11.5 Å². The molecule has 1 N–H and O–H groups in total. The van der Waals surface area contributed by atoms with E-state index >= 15 is 0 Å². The minimum absolute atomic E-state index is 0.00334. The van der Waals surface area contributed by atoms with Crippen LogP contribution in [0.3, 0.4) is 0 Å². The van der Waals surface area contributed by atoms with Crippen LogP contribution in [-0.2, 0) is 21.4 Å². The van der Waals surface area contributed by atoms with Crippen LogP contribution < -0.4 is 19.2 Å². The molecule has 0 aliphatic rings. The summed E-state index contributed by atoms with van der Waals surface area (Å²) in [6.07, 6.45) is 1.44. The molecule has 206 valence electrons. The van der Waals surface area contributed by atoms with Crippen molar-refractivity contribution in [1.82, 2.24) is 5.43 Å². The Kier molecular flexibility index (Phi) is 9.65. The Balaban J connectivity index is 1.41. The van der Waals surface area contributed by atoms with Crippen molar-refractivity contribution in [1.29, 1.82) is 0 Å². The summed E-state index contributed by atoms with van der Waals surface area (Å²) in [6.45, 7) is -0.186. The molecule has 1 amide bonds. The first-order valence-corrected chi connectivity index (χ1v) is 14.2. The highest BCUT2D eigenvalue weighted by atomic mass is 35.5. The van der Waals surface area contributed by atoms with E-state index < -0.39 is 22.5 Å². The summed E-state index contributed by atoms with van der Waals surface area (Å²) in [5, 5.41) is 5.04. The molecule has 0 aliphatic heterocycles. The van der Waals surface area contributed by atoms with Gasteiger partial charge in [-0.25, -0.2) is 13.8 Å². The monoisotopic (exact) mass is 597 g/mol. The van der Waals surface area contributed by atoms with Gasteiger partial charge in [-0.05, 0) is 84.4 Å². The Hall–Kier alpha value is -4.05. The van der Waals surface area contributed by atoms with Gasteiger partial charge in [-0.3, -0.25) is 9.10 Å². The molecule has 0 saturated heterocycles. The van der Waals surface area contributed by atoms with Crippen LogP contribution >= 0.6 is 23.2 Å². The number of rotatable bonds is 11. The van der Waals surface area contributed by atoms with Crippen LogP contribution in [0.2, 0.25) is 10.0 Å². The lowest BCUT2D eigenvalue weighted by atomic mass is 10.2. The van der Waals surface area contributed by atoms with E-state index in [0.717, 1.165) is 9.87 Å². The second-order valence-corrected chi connectivity index (χ2v) is 11.1. The highest BCUT2D eigenvalue weighted by Crippen LogP contribution is 2.26. The molecule has 0 atom stereocenters. The number of halogens is 2. The molecule has 11 heteroatoms. The van der Waals surface area contributed by atoms with E-state index in [0.29, 0.717) is 33.7 Å². The molecule has 4 aromatic rings. The zero-order valence-electron chi connectivity index (χ0n) is 21.3.